The van der Waals surface area contributed by atoms with Gasteiger partial charge in [-0.1, -0.05) is 34.1 Å². The molecule has 160 valence electrons. The van der Waals surface area contributed by atoms with Gasteiger partial charge in [0.15, 0.2) is 0 Å². The molecule has 6 heteroatoms. The molecule has 30 heavy (non-hydrogen) atoms. The molecule has 0 spiro atoms. The Hall–Kier alpha value is -1.76. The molecule has 2 aromatic rings. The number of carbonyl (C=O) groups is 1. The van der Waals surface area contributed by atoms with Gasteiger partial charge in [0.2, 0.25) is 5.91 Å². The zero-order chi connectivity index (χ0) is 20.9. The first-order valence-corrected chi connectivity index (χ1v) is 11.8. The number of amides is 1. The minimum atomic E-state index is 0.181. The number of rotatable bonds is 5. The van der Waals surface area contributed by atoms with E-state index in [1.807, 2.05) is 12.4 Å². The predicted molar refractivity (Wildman–Crippen MR) is 123 cm³/mol. The Balaban J connectivity index is 1.25. The fourth-order valence-corrected chi connectivity index (χ4v) is 5.03. The van der Waals surface area contributed by atoms with Gasteiger partial charge in [-0.15, -0.1) is 0 Å². The van der Waals surface area contributed by atoms with Crippen LogP contribution in [-0.2, 0) is 17.9 Å². The van der Waals surface area contributed by atoms with Gasteiger partial charge in [0.1, 0.15) is 0 Å². The van der Waals surface area contributed by atoms with Crippen molar-refractivity contribution in [2.24, 2.45) is 5.92 Å². The van der Waals surface area contributed by atoms with Crippen LogP contribution in [0.25, 0.3) is 0 Å². The Bertz CT molecular complexity index is 838. The van der Waals surface area contributed by atoms with E-state index in [0.717, 1.165) is 63.1 Å². The Morgan fingerprint density at radius 3 is 2.47 bits per heavy atom. The van der Waals surface area contributed by atoms with Crippen LogP contribution in [0.3, 0.4) is 0 Å². The lowest BCUT2D eigenvalue weighted by Crippen LogP contribution is -2.55. The number of hydrogen-bond donors (Lipinski definition) is 0. The Kier molecular flexibility index (Phi) is 7.18. The number of halogens is 1. The number of nitrogens with zero attached hydrogens (tertiary/aromatic N) is 4. The zero-order valence-electron chi connectivity index (χ0n) is 17.7. The van der Waals surface area contributed by atoms with E-state index in [1.165, 1.54) is 11.1 Å². The number of carbonyl (C=O) groups excluding carboxylic acids is 1. The van der Waals surface area contributed by atoms with E-state index in [2.05, 4.69) is 78.9 Å². The van der Waals surface area contributed by atoms with Crippen molar-refractivity contribution >= 4 is 21.8 Å². The van der Waals surface area contributed by atoms with E-state index in [-0.39, 0.29) is 5.92 Å². The molecule has 0 N–H and O–H groups in total. The summed E-state index contributed by atoms with van der Waals surface area (Å²) in [5.74, 6) is 0.548. The number of pyridine rings is 1. The summed E-state index contributed by atoms with van der Waals surface area (Å²) in [6, 6.07) is 12.9. The third-order valence-electron chi connectivity index (χ3n) is 6.50. The van der Waals surface area contributed by atoms with Crippen molar-refractivity contribution in [1.29, 1.82) is 0 Å². The van der Waals surface area contributed by atoms with Gasteiger partial charge in [-0.25, -0.2) is 0 Å². The third kappa shape index (κ3) is 5.29. The van der Waals surface area contributed by atoms with Crippen LogP contribution in [0.15, 0.2) is 53.3 Å². The first-order valence-electron chi connectivity index (χ1n) is 11.0. The second-order valence-corrected chi connectivity index (χ2v) is 9.46. The van der Waals surface area contributed by atoms with Crippen LogP contribution < -0.4 is 0 Å². The first kappa shape index (κ1) is 21.5. The standard InChI is InChI=1S/C24H31BrN4O/c1-19-16-29(15-14-28(19)18-22-4-2-3-5-23(22)25)24(30)21-8-12-27(13-9-21)17-20-6-10-26-11-7-20/h2-7,10-11,19,21H,8-9,12-18H2,1H3/t19-/m0/s1. The van der Waals surface area contributed by atoms with Crippen molar-refractivity contribution in [2.45, 2.75) is 38.9 Å². The lowest BCUT2D eigenvalue weighted by Gasteiger charge is -2.42. The Morgan fingerprint density at radius 2 is 1.77 bits per heavy atom. The molecule has 0 aliphatic carbocycles. The number of benzene rings is 1. The van der Waals surface area contributed by atoms with Crippen LogP contribution in [-0.4, -0.2) is 64.4 Å². The van der Waals surface area contributed by atoms with Crippen molar-refractivity contribution in [1.82, 2.24) is 19.7 Å². The predicted octanol–water partition coefficient (Wildman–Crippen LogP) is 3.79. The van der Waals surface area contributed by atoms with E-state index in [9.17, 15) is 4.79 Å². The third-order valence-corrected chi connectivity index (χ3v) is 7.27. The Labute approximate surface area is 188 Å². The second-order valence-electron chi connectivity index (χ2n) is 8.60. The van der Waals surface area contributed by atoms with E-state index in [0.29, 0.717) is 11.9 Å². The van der Waals surface area contributed by atoms with Crippen LogP contribution in [0.2, 0.25) is 0 Å². The maximum absolute atomic E-state index is 13.2. The van der Waals surface area contributed by atoms with Crippen molar-refractivity contribution in [3.05, 3.63) is 64.4 Å². The summed E-state index contributed by atoms with van der Waals surface area (Å²) < 4.78 is 1.16. The van der Waals surface area contributed by atoms with Gasteiger partial charge >= 0.3 is 0 Å². The molecule has 2 aliphatic heterocycles. The number of piperidine rings is 1. The van der Waals surface area contributed by atoms with Gasteiger partial charge in [0.25, 0.3) is 0 Å². The number of piperazine rings is 1. The van der Waals surface area contributed by atoms with Crippen molar-refractivity contribution in [3.8, 4) is 0 Å². The van der Waals surface area contributed by atoms with Crippen LogP contribution >= 0.6 is 15.9 Å². The van der Waals surface area contributed by atoms with E-state index in [4.69, 9.17) is 0 Å². The molecule has 0 radical (unpaired) electrons. The van der Waals surface area contributed by atoms with Crippen LogP contribution in [0.1, 0.15) is 30.9 Å². The molecule has 3 heterocycles. The van der Waals surface area contributed by atoms with Crippen LogP contribution in [0.5, 0.6) is 0 Å². The minimum absolute atomic E-state index is 0.181. The highest BCUT2D eigenvalue weighted by atomic mass is 79.9. The Morgan fingerprint density at radius 1 is 1.03 bits per heavy atom. The van der Waals surface area contributed by atoms with Gasteiger partial charge in [-0.05, 0) is 62.2 Å². The molecule has 5 nitrogen and oxygen atoms in total. The summed E-state index contributed by atoms with van der Waals surface area (Å²) in [5, 5.41) is 0. The van der Waals surface area contributed by atoms with E-state index < -0.39 is 0 Å². The molecule has 0 saturated carbocycles. The molecular weight excluding hydrogens is 440 g/mol. The van der Waals surface area contributed by atoms with Gasteiger partial charge in [-0.2, -0.15) is 0 Å². The maximum Gasteiger partial charge on any atom is 0.225 e. The molecule has 4 rings (SSSR count). The molecule has 0 bridgehead atoms. The molecule has 2 saturated heterocycles. The summed E-state index contributed by atoms with van der Waals surface area (Å²) in [5.41, 5.74) is 2.61. The first-order chi connectivity index (χ1) is 14.6. The van der Waals surface area contributed by atoms with Gasteiger partial charge in [0.05, 0.1) is 0 Å². The molecular formula is C24H31BrN4O. The van der Waals surface area contributed by atoms with E-state index in [1.54, 1.807) is 0 Å². The topological polar surface area (TPSA) is 39.7 Å². The minimum Gasteiger partial charge on any atom is -0.340 e. The largest absolute Gasteiger partial charge is 0.340 e. The average molecular weight is 471 g/mol. The SMILES string of the molecule is C[C@H]1CN(C(=O)C2CCN(Cc3ccncc3)CC2)CCN1Cc1ccccc1Br. The lowest BCUT2D eigenvalue weighted by atomic mass is 9.94. The lowest BCUT2D eigenvalue weighted by molar-refractivity contribution is -0.140. The summed E-state index contributed by atoms with van der Waals surface area (Å²) >= 11 is 3.66. The normalized spacial score (nSPS) is 21.7. The number of aromatic nitrogens is 1. The summed E-state index contributed by atoms with van der Waals surface area (Å²) in [6.45, 7) is 8.73. The molecule has 0 unspecified atom stereocenters. The zero-order valence-corrected chi connectivity index (χ0v) is 19.3. The highest BCUT2D eigenvalue weighted by Gasteiger charge is 2.32. The summed E-state index contributed by atoms with van der Waals surface area (Å²) in [6.07, 6.45) is 5.64. The number of hydrogen-bond acceptors (Lipinski definition) is 4. The summed E-state index contributed by atoms with van der Waals surface area (Å²) in [4.78, 5) is 24.3. The van der Waals surface area contributed by atoms with Crippen LogP contribution in [0.4, 0.5) is 0 Å². The fraction of sp³-hybridized carbons (Fsp3) is 0.500. The monoisotopic (exact) mass is 470 g/mol. The number of likely N-dealkylation sites (tertiary alicyclic amines) is 1. The molecule has 2 fully saturated rings. The summed E-state index contributed by atoms with van der Waals surface area (Å²) in [7, 11) is 0. The fourth-order valence-electron chi connectivity index (χ4n) is 4.62. The van der Waals surface area contributed by atoms with Crippen LogP contribution in [0, 0.1) is 5.92 Å². The quantitative estimate of drug-likeness (QED) is 0.666. The maximum atomic E-state index is 13.2. The average Bonchev–Trinajstić information content (AvgIpc) is 2.77. The van der Waals surface area contributed by atoms with E-state index >= 15 is 0 Å². The van der Waals surface area contributed by atoms with Crippen molar-refractivity contribution in [3.63, 3.8) is 0 Å². The molecule has 1 aromatic carbocycles. The highest BCUT2D eigenvalue weighted by Crippen LogP contribution is 2.24. The van der Waals surface area contributed by atoms with Crippen molar-refractivity contribution in [2.75, 3.05) is 32.7 Å². The smallest absolute Gasteiger partial charge is 0.225 e. The van der Waals surface area contributed by atoms with Crippen molar-refractivity contribution < 1.29 is 4.79 Å². The van der Waals surface area contributed by atoms with Gasteiger partial charge in [-0.3, -0.25) is 19.6 Å². The van der Waals surface area contributed by atoms with Gasteiger partial charge < -0.3 is 4.90 Å². The van der Waals surface area contributed by atoms with Gasteiger partial charge in [0, 0.05) is 61.5 Å². The molecule has 2 aliphatic rings. The highest BCUT2D eigenvalue weighted by molar-refractivity contribution is 9.10. The molecule has 1 aromatic heterocycles. The second kappa shape index (κ2) is 10.0. The molecule has 1 atom stereocenters. The molecule has 1 amide bonds.